The van der Waals surface area contributed by atoms with Crippen molar-refractivity contribution in [1.29, 1.82) is 0 Å². The van der Waals surface area contributed by atoms with E-state index in [4.69, 9.17) is 11.5 Å². The molecular weight excluding hydrogens is 298 g/mol. The number of benzene rings is 1. The van der Waals surface area contributed by atoms with E-state index < -0.39 is 0 Å². The molecule has 0 saturated carbocycles. The van der Waals surface area contributed by atoms with E-state index in [-0.39, 0.29) is 0 Å². The summed E-state index contributed by atoms with van der Waals surface area (Å²) in [6, 6.07) is 6.68. The van der Waals surface area contributed by atoms with Crippen LogP contribution in [-0.2, 0) is 6.42 Å². The number of aromatic amines is 1. The van der Waals surface area contributed by atoms with Gasteiger partial charge in [-0.1, -0.05) is 12.6 Å². The summed E-state index contributed by atoms with van der Waals surface area (Å²) in [6.07, 6.45) is 4.16. The van der Waals surface area contributed by atoms with Crippen LogP contribution in [0.5, 0.6) is 0 Å². The van der Waals surface area contributed by atoms with Gasteiger partial charge >= 0.3 is 0 Å². The van der Waals surface area contributed by atoms with Crippen molar-refractivity contribution in [2.24, 2.45) is 11.5 Å². The average molecular weight is 325 g/mol. The molecule has 2 aromatic rings. The summed E-state index contributed by atoms with van der Waals surface area (Å²) in [5.74, 6) is 0. The fourth-order valence-corrected chi connectivity index (χ4v) is 3.40. The van der Waals surface area contributed by atoms with Gasteiger partial charge in [0, 0.05) is 29.1 Å². The van der Waals surface area contributed by atoms with E-state index in [0.717, 1.165) is 61.4 Å². The molecule has 0 atom stereocenters. The van der Waals surface area contributed by atoms with Crippen LogP contribution in [-0.4, -0.2) is 29.8 Å². The van der Waals surface area contributed by atoms with Crippen LogP contribution >= 0.6 is 0 Å². The number of nitrogens with one attached hydrogen (secondary N) is 1. The smallest absolute Gasteiger partial charge is 0.104 e. The molecule has 0 radical (unpaired) electrons. The first kappa shape index (κ1) is 16.7. The maximum absolute atomic E-state index is 5.72. The molecule has 0 fully saturated rings. The molecule has 0 amide bonds. The van der Waals surface area contributed by atoms with Crippen molar-refractivity contribution < 1.29 is 0 Å². The van der Waals surface area contributed by atoms with Crippen molar-refractivity contribution >= 4 is 11.4 Å². The van der Waals surface area contributed by atoms with Crippen molar-refractivity contribution in [2.45, 2.75) is 32.6 Å². The predicted octanol–water partition coefficient (Wildman–Crippen LogP) is 2.81. The number of aryl methyl sites for hydroxylation is 2. The third kappa shape index (κ3) is 2.97. The zero-order valence-corrected chi connectivity index (χ0v) is 14.4. The minimum Gasteiger partial charge on any atom is -0.341 e. The van der Waals surface area contributed by atoms with Gasteiger partial charge in [-0.3, -0.25) is 5.10 Å². The second-order valence-electron chi connectivity index (χ2n) is 6.41. The van der Waals surface area contributed by atoms with Crippen LogP contribution in [0, 0.1) is 6.92 Å². The lowest BCUT2D eigenvalue weighted by Gasteiger charge is -2.33. The highest BCUT2D eigenvalue weighted by Crippen LogP contribution is 2.44. The number of hydrogen-bond donors (Lipinski definition) is 3. The average Bonchev–Trinajstić information content (AvgIpc) is 2.97. The van der Waals surface area contributed by atoms with Crippen LogP contribution in [0.25, 0.3) is 17.0 Å². The molecule has 2 heterocycles. The monoisotopic (exact) mass is 325 g/mol. The lowest BCUT2D eigenvalue weighted by atomic mass is 9.93. The Bertz CT molecular complexity index is 731. The maximum Gasteiger partial charge on any atom is 0.104 e. The first-order chi connectivity index (χ1) is 11.7. The van der Waals surface area contributed by atoms with Crippen molar-refractivity contribution in [3.05, 3.63) is 41.6 Å². The van der Waals surface area contributed by atoms with Gasteiger partial charge in [-0.25, -0.2) is 0 Å². The van der Waals surface area contributed by atoms with Crippen LogP contribution in [0.4, 0.5) is 5.69 Å². The second-order valence-corrected chi connectivity index (χ2v) is 6.41. The molecule has 1 aromatic heterocycles. The Hall–Kier alpha value is -2.11. The zero-order chi connectivity index (χ0) is 17.1. The Labute approximate surface area is 143 Å². The Kier molecular flexibility index (Phi) is 5.02. The van der Waals surface area contributed by atoms with Crippen molar-refractivity contribution in [1.82, 2.24) is 10.2 Å². The molecule has 24 heavy (non-hydrogen) atoms. The fraction of sp³-hybridized carbons (Fsp3) is 0.421. The SMILES string of the molecule is C=C1c2c(n[nH]c2C)-c2cc(CCCCN)ccc2N1CCCN. The van der Waals surface area contributed by atoms with Crippen molar-refractivity contribution in [3.63, 3.8) is 0 Å². The summed E-state index contributed by atoms with van der Waals surface area (Å²) in [6.45, 7) is 8.66. The number of nitrogens with zero attached hydrogens (tertiary/aromatic N) is 2. The third-order valence-electron chi connectivity index (χ3n) is 4.67. The summed E-state index contributed by atoms with van der Waals surface area (Å²) in [4.78, 5) is 2.27. The number of aromatic nitrogens is 2. The van der Waals surface area contributed by atoms with Crippen LogP contribution in [0.1, 0.15) is 36.1 Å². The Morgan fingerprint density at radius 1 is 1.17 bits per heavy atom. The number of rotatable bonds is 7. The normalized spacial score (nSPS) is 13.1. The molecule has 128 valence electrons. The van der Waals surface area contributed by atoms with Crippen LogP contribution in [0.3, 0.4) is 0 Å². The summed E-state index contributed by atoms with van der Waals surface area (Å²) < 4.78 is 0. The van der Waals surface area contributed by atoms with Crippen molar-refractivity contribution in [2.75, 3.05) is 24.5 Å². The predicted molar refractivity (Wildman–Crippen MR) is 101 cm³/mol. The lowest BCUT2D eigenvalue weighted by molar-refractivity contribution is 0.744. The number of H-pyrrole nitrogens is 1. The summed E-state index contributed by atoms with van der Waals surface area (Å²) in [5, 5.41) is 7.66. The Morgan fingerprint density at radius 3 is 2.71 bits per heavy atom. The lowest BCUT2D eigenvalue weighted by Crippen LogP contribution is -2.27. The highest BCUT2D eigenvalue weighted by molar-refractivity contribution is 5.97. The molecular formula is C19H27N5. The molecule has 3 rings (SSSR count). The van der Waals surface area contributed by atoms with E-state index in [1.54, 1.807) is 0 Å². The molecule has 1 aliphatic heterocycles. The topological polar surface area (TPSA) is 84.0 Å². The molecule has 0 saturated heterocycles. The van der Waals surface area contributed by atoms with Gasteiger partial charge in [0.25, 0.3) is 0 Å². The van der Waals surface area contributed by atoms with Crippen LogP contribution in [0.2, 0.25) is 0 Å². The Morgan fingerprint density at radius 2 is 1.96 bits per heavy atom. The Balaban J connectivity index is 2.01. The van der Waals surface area contributed by atoms with Gasteiger partial charge < -0.3 is 16.4 Å². The van der Waals surface area contributed by atoms with E-state index >= 15 is 0 Å². The fourth-order valence-electron chi connectivity index (χ4n) is 3.40. The van der Waals surface area contributed by atoms with Gasteiger partial charge in [-0.15, -0.1) is 0 Å². The van der Waals surface area contributed by atoms with E-state index in [0.29, 0.717) is 6.54 Å². The molecule has 5 heteroatoms. The molecule has 5 N–H and O–H groups in total. The van der Waals surface area contributed by atoms with E-state index in [9.17, 15) is 0 Å². The highest BCUT2D eigenvalue weighted by atomic mass is 15.2. The quantitative estimate of drug-likeness (QED) is 0.684. The number of fused-ring (bicyclic) bond motifs is 3. The van der Waals surface area contributed by atoms with Crippen molar-refractivity contribution in [3.8, 4) is 11.3 Å². The number of anilines is 1. The molecule has 1 aromatic carbocycles. The summed E-state index contributed by atoms with van der Waals surface area (Å²) in [7, 11) is 0. The number of nitrogens with two attached hydrogens (primary N) is 2. The maximum atomic E-state index is 5.72. The third-order valence-corrected chi connectivity index (χ3v) is 4.67. The summed E-state index contributed by atoms with van der Waals surface area (Å²) >= 11 is 0. The molecule has 0 unspecified atom stereocenters. The highest BCUT2D eigenvalue weighted by Gasteiger charge is 2.28. The van der Waals surface area contributed by atoms with Crippen LogP contribution < -0.4 is 16.4 Å². The van der Waals surface area contributed by atoms with Gasteiger partial charge in [0.2, 0.25) is 0 Å². The van der Waals surface area contributed by atoms with Gasteiger partial charge in [-0.2, -0.15) is 5.10 Å². The zero-order valence-electron chi connectivity index (χ0n) is 14.4. The van der Waals surface area contributed by atoms with Gasteiger partial charge in [0.05, 0.1) is 5.69 Å². The first-order valence-corrected chi connectivity index (χ1v) is 8.72. The van der Waals surface area contributed by atoms with E-state index in [1.807, 2.05) is 6.92 Å². The minimum absolute atomic E-state index is 0.674. The summed E-state index contributed by atoms with van der Waals surface area (Å²) in [5.41, 5.74) is 19.2. The van der Waals surface area contributed by atoms with Crippen LogP contribution in [0.15, 0.2) is 24.8 Å². The molecule has 1 aliphatic rings. The van der Waals surface area contributed by atoms with Gasteiger partial charge in [0.15, 0.2) is 0 Å². The number of hydrogen-bond acceptors (Lipinski definition) is 4. The number of unbranched alkanes of at least 4 members (excludes halogenated alkanes) is 1. The van der Waals surface area contributed by atoms with Gasteiger partial charge in [0.1, 0.15) is 5.69 Å². The standard InChI is InChI=1S/C19H27N5/c1-13-18-14(2)24(11-5-10-21)17-8-7-15(6-3-4-9-20)12-16(17)19(18)23-22-13/h7-8,12H,2-6,9-11,20-21H2,1H3,(H,22,23). The molecule has 0 bridgehead atoms. The minimum atomic E-state index is 0.674. The molecule has 0 aliphatic carbocycles. The largest absolute Gasteiger partial charge is 0.341 e. The van der Waals surface area contributed by atoms with Gasteiger partial charge in [-0.05, 0) is 63.4 Å². The molecule has 0 spiro atoms. The first-order valence-electron chi connectivity index (χ1n) is 8.72. The second kappa shape index (κ2) is 7.20. The van der Waals surface area contributed by atoms with E-state index in [1.165, 1.54) is 16.8 Å². The molecule has 5 nitrogen and oxygen atoms in total. The van der Waals surface area contributed by atoms with E-state index in [2.05, 4.69) is 39.9 Å².